The molecule has 0 aliphatic carbocycles. The number of amides is 4. The minimum Gasteiger partial charge on any atom is -0.726 e. The summed E-state index contributed by atoms with van der Waals surface area (Å²) >= 11 is 0.591. The van der Waals surface area contributed by atoms with E-state index in [9.17, 15) is 86.4 Å². The van der Waals surface area contributed by atoms with Crippen LogP contribution in [0.5, 0.6) is 0 Å². The van der Waals surface area contributed by atoms with Crippen LogP contribution >= 0.6 is 73.4 Å². The molecule has 13 unspecified atom stereocenters. The van der Waals surface area contributed by atoms with E-state index in [-0.39, 0.29) is 92.1 Å². The third-order valence-electron chi connectivity index (χ3n) is 18.0. The maximum absolute atomic E-state index is 14.0. The normalized spacial score (nSPS) is 34.9. The number of aliphatic carboxylic acids is 2. The second-order valence-electron chi connectivity index (χ2n) is 24.5. The number of rotatable bonds is 56. The number of thioether (sulfide) groups is 1. The van der Waals surface area contributed by atoms with Crippen molar-refractivity contribution in [3.8, 4) is 0 Å². The average molecular weight is 1840 g/mol. The van der Waals surface area contributed by atoms with Gasteiger partial charge in [0, 0.05) is 80.2 Å². The van der Waals surface area contributed by atoms with Gasteiger partial charge in [0.1, 0.15) is 110 Å². The van der Waals surface area contributed by atoms with Gasteiger partial charge in [0.2, 0.25) is 32.6 Å². The number of carbonyl (C=O) groups is 5. The summed E-state index contributed by atoms with van der Waals surface area (Å²) in [6.07, 6.45) is -45.5. The molecule has 55 nitrogen and oxygen atoms in total. The Morgan fingerprint density at radius 3 is 1.36 bits per heavy atom. The van der Waals surface area contributed by atoms with E-state index in [0.29, 0.717) is 19.3 Å². The molecular weight excluding hydrogens is 1770 g/mol. The van der Waals surface area contributed by atoms with Gasteiger partial charge in [-0.1, -0.05) is 12.8 Å². The van der Waals surface area contributed by atoms with Crippen LogP contribution in [0.1, 0.15) is 51.4 Å². The smallest absolute Gasteiger partial charge is 0.315 e. The molecule has 28 atom stereocenters. The Morgan fingerprint density at radius 1 is 0.457 bits per heavy atom. The van der Waals surface area contributed by atoms with Gasteiger partial charge in [0.15, 0.2) is 105 Å². The minimum atomic E-state index is -5.87. The van der Waals surface area contributed by atoms with E-state index in [0.717, 1.165) is 68.4 Å². The number of unbranched alkanes of at least 4 members (excludes halogenated alkanes) is 3. The molecule has 7 aliphatic heterocycles. The van der Waals surface area contributed by atoms with E-state index >= 15 is 0 Å². The van der Waals surface area contributed by atoms with Crippen LogP contribution in [-0.2, 0) is 192 Å². The van der Waals surface area contributed by atoms with Crippen molar-refractivity contribution in [1.82, 2.24) is 21.3 Å². The molecule has 0 bridgehead atoms. The topological polar surface area (TPSA) is 714 Å². The van der Waals surface area contributed by atoms with E-state index < -0.39 is 237 Å². The van der Waals surface area contributed by atoms with E-state index in [4.69, 9.17) is 96.7 Å². The maximum Gasteiger partial charge on any atom is 0.315 e. The molecule has 7 aliphatic rings. The fourth-order valence-electron chi connectivity index (χ4n) is 13.3. The van der Waals surface area contributed by atoms with Crippen molar-refractivity contribution < 1.29 is 238 Å². The Hall–Kier alpha value is -2.45. The van der Waals surface area contributed by atoms with Gasteiger partial charge < -0.3 is 152 Å². The first kappa shape index (κ1) is 101. The molecule has 116 heavy (non-hydrogen) atoms. The monoisotopic (exact) mass is 1840 g/mol. The molecule has 0 aromatic heterocycles. The lowest BCUT2D eigenvalue weighted by Gasteiger charge is -2.52. The highest BCUT2D eigenvalue weighted by molar-refractivity contribution is 8.00. The number of carboxylic acid groups (broad SMARTS) is 2. The van der Waals surface area contributed by atoms with Crippen LogP contribution in [0, 0.1) is 0 Å². The summed E-state index contributed by atoms with van der Waals surface area (Å²) in [4.78, 5) is 65.6. The van der Waals surface area contributed by atoms with Gasteiger partial charge in [0.05, 0.1) is 43.8 Å². The van der Waals surface area contributed by atoms with Gasteiger partial charge >= 0.3 is 6.03 Å². The van der Waals surface area contributed by atoms with Crippen LogP contribution < -0.4 is 57.8 Å². The lowest BCUT2D eigenvalue weighted by atomic mass is 9.94. The predicted molar refractivity (Wildman–Crippen MR) is 348 cm³/mol. The van der Waals surface area contributed by atoms with Crippen molar-refractivity contribution in [2.24, 2.45) is 0 Å². The lowest BCUT2D eigenvalue weighted by molar-refractivity contribution is -0.778. The van der Waals surface area contributed by atoms with Gasteiger partial charge in [-0.25, -0.2) is 21.6 Å². The molecule has 63 heteroatoms. The third-order valence-corrected chi connectivity index (χ3v) is 22.4. The third kappa shape index (κ3) is 29.6. The number of hydrogen-bond acceptors (Lipinski definition) is 57. The van der Waals surface area contributed by atoms with E-state index in [1.807, 2.05) is 0 Å². The second kappa shape index (κ2) is 51.7. The van der Waals surface area contributed by atoms with Crippen molar-refractivity contribution in [1.29, 1.82) is 0 Å². The van der Waals surface area contributed by atoms with Crippen LogP contribution in [0.4, 0.5) is 4.79 Å². The number of carbonyl (C=O) groups excluding carboxylic acids is 5. The highest BCUT2D eigenvalue weighted by Crippen LogP contribution is 2.43. The van der Waals surface area contributed by atoms with Gasteiger partial charge in [-0.3, -0.25) is 64.1 Å². The molecule has 7 rings (SSSR count). The quantitative estimate of drug-likeness (QED) is 0.00835. The first-order valence-corrected chi connectivity index (χ1v) is 40.6. The fraction of sp³-hybridized carbons (Fsp3) is 0.906. The molecule has 0 radical (unpaired) electrons. The zero-order valence-corrected chi connectivity index (χ0v) is 67.5. The van der Waals surface area contributed by atoms with Gasteiger partial charge in [-0.2, -0.15) is 11.8 Å². The number of carboxylic acids is 2. The molecule has 0 saturated carbocycles. The molecule has 674 valence electrons. The molecule has 0 aromatic rings. The Balaban J connectivity index is 1.16. The summed E-state index contributed by atoms with van der Waals surface area (Å²) in [6, 6.07) is -1.69. The Kier molecular flexibility index (Phi) is 44.9. The zero-order valence-electron chi connectivity index (χ0n) is 60.9. The summed E-state index contributed by atoms with van der Waals surface area (Å²) < 4.78 is 226. The summed E-state index contributed by atoms with van der Waals surface area (Å²) in [5.74, 6) is -4.51. The number of fused-ring (bicyclic) bond motifs is 1. The van der Waals surface area contributed by atoms with E-state index in [2.05, 4.69) is 76.5 Å². The van der Waals surface area contributed by atoms with Gasteiger partial charge in [-0.05, 0) is 25.7 Å². The second-order valence-corrected chi connectivity index (χ2v) is 30.3. The van der Waals surface area contributed by atoms with Crippen LogP contribution in [0.2, 0.25) is 0 Å². The maximum atomic E-state index is 14.0. The minimum absolute atomic E-state index is 0.0337. The van der Waals surface area contributed by atoms with Crippen molar-refractivity contribution in [2.75, 3.05) is 81.9 Å². The first-order chi connectivity index (χ1) is 55.7. The number of nitrogens with one attached hydrogen (secondary N) is 4. The highest BCUT2D eigenvalue weighted by atomic mass is 32.3. The predicted octanol–water partition coefficient (Wildman–Crippen LogP) is -10.3. The van der Waals surface area contributed by atoms with Crippen LogP contribution in [0.25, 0.3) is 0 Å². The average Bonchev–Trinajstić information content (AvgIpc) is 0.910. The lowest BCUT2D eigenvalue weighted by Crippen LogP contribution is -2.71. The molecule has 7 fully saturated rings. The van der Waals surface area contributed by atoms with Gasteiger partial charge in [0.25, 0.3) is 0 Å². The van der Waals surface area contributed by atoms with Crippen molar-refractivity contribution in [3.63, 3.8) is 0 Å². The first-order valence-electron chi connectivity index (χ1n) is 33.6. The Bertz CT molecular complexity index is 3160. The molecule has 0 spiro atoms. The van der Waals surface area contributed by atoms with Crippen molar-refractivity contribution in [2.45, 2.75) is 222 Å². The molecule has 4 N–H and O–H groups in total. The number of urea groups is 1. The summed E-state index contributed by atoms with van der Waals surface area (Å²) in [5, 5.41) is 111. The molecule has 0 aromatic carbocycles. The number of methoxy groups -OCH3 is 7. The Labute approximate surface area is 684 Å². The van der Waals surface area contributed by atoms with Crippen LogP contribution in [0.3, 0.4) is 0 Å². The summed E-state index contributed by atoms with van der Waals surface area (Å²) in [7, 11) is -4.24. The number of ether oxygens (including phenoxy) is 16. The van der Waals surface area contributed by atoms with E-state index in [1.165, 1.54) is 0 Å². The largest absolute Gasteiger partial charge is 0.726 e. The highest BCUT2D eigenvalue weighted by Gasteiger charge is 2.61. The molecule has 7 saturated heterocycles. The van der Waals surface area contributed by atoms with Crippen molar-refractivity contribution >= 4 is 124 Å². The van der Waals surface area contributed by atoms with Gasteiger partial charge in [-0.15, -0.1) is 21.7 Å². The van der Waals surface area contributed by atoms with Crippen LogP contribution in [0.15, 0.2) is 0 Å². The van der Waals surface area contributed by atoms with Crippen LogP contribution in [-0.4, -0.2) is 308 Å². The number of hydrogen-bond donors (Lipinski definition) is 4. The Morgan fingerprint density at radius 2 is 0.879 bits per heavy atom. The molecule has 4 amide bonds. The standard InChI is InChI=1S/C53H88N4O51S8/c1-76-30-23(18-84-115(70,71)72)86-48(29(33(30)77-2)56-27(59)15-9-8-12-16-54-26(58)14-11-10-13-25-28-21(20-109-25)55-53(64)57-28)91-36-34(78-3)42(80-5)51(93-40(36)46(60)61)90-32-24(19-85-116(73,74)75)88-52(45(98-114-108-103-69)39(32)96-112-106-101-67)92-37-35(79-4)43(81-6)50(94-41(37)47(62)63)89-31-22(17-83-110-104-99-65)87-49(82-7)44(97-113-107-102-68)38(31)95-111-105-100-66/h21-25,28-45,48-52,65-69H,8-20H2,1-7H3,(H,54,58)(H,56,59)(H,60,61)(H,62,63)(H2,55,57,64)(H,70,71,72)(H,73,74,75)/p-9/t21?,22?,23?,24-,25?,28?,29?,30-,31+,32+,33+,34-,35?,36-,37-,38-,39?,40?,41+,42?,43?,44?,45?,48-,49-,50-,51+,52+/m0/s1. The van der Waals surface area contributed by atoms with E-state index in [1.54, 1.807) is 11.8 Å². The van der Waals surface area contributed by atoms with Crippen molar-refractivity contribution in [3.05, 3.63) is 0 Å². The zero-order chi connectivity index (χ0) is 84.7. The summed E-state index contributed by atoms with van der Waals surface area (Å²) in [6.45, 7) is -3.16. The SMILES string of the molecule is COC1C(OC)[C@H](O[C@H]2O[C@@H](COS(=O)(=O)[O-])[C@@H](O[C@@H]3OC(C(=O)[O-])[C@@H](O[C@@H]4OC(COS(=O)(=O)[O-])[C@H](OC)[C@H](OC)C4NC(=O)CCCCCNC(=O)CCCCC4SCC5NC(=O)NC54)[C@H](OC)C3OC)C(OSOO[O-])C2OSOO[O-])[C@H](C(=O)[O-])O[C@@H]1O[C@@H]1C(COSOO[O-])O[C@H](OC)C(OSOO[O-])[C@H]1OSOO[O-]. The molecule has 7 heterocycles. The summed E-state index contributed by atoms with van der Waals surface area (Å²) in [5.41, 5.74) is 0. The molecular formula is C53H79N4O51S8-9. The fourth-order valence-corrected chi connectivity index (χ4v) is 17.1.